The molecule has 0 atom stereocenters. The number of hydrazine groups is 1. The average Bonchev–Trinajstić information content (AvgIpc) is 3.00. The summed E-state index contributed by atoms with van der Waals surface area (Å²) in [7, 11) is 0. The van der Waals surface area contributed by atoms with Crippen LogP contribution in [0.25, 0.3) is 5.69 Å². The molecule has 1 aromatic heterocycles. The number of likely N-dealkylation sites (tertiary alicyclic amines) is 1. The largest absolute Gasteiger partial charge is 0.333 e. The summed E-state index contributed by atoms with van der Waals surface area (Å²) in [5.41, 5.74) is 8.10. The van der Waals surface area contributed by atoms with Crippen LogP contribution in [-0.2, 0) is 9.59 Å². The number of hydrogen-bond donors (Lipinski definition) is 2. The second-order valence-electron chi connectivity index (χ2n) is 7.44. The number of carbonyl (C=O) groups is 3. The fourth-order valence-electron chi connectivity index (χ4n) is 3.76. The van der Waals surface area contributed by atoms with Crippen molar-refractivity contribution in [3.8, 4) is 5.69 Å². The molecule has 2 aromatic rings. The van der Waals surface area contributed by atoms with Crippen LogP contribution in [0.4, 0.5) is 0 Å². The molecule has 3 rings (SSSR count). The maximum absolute atomic E-state index is 12.6. The Balaban J connectivity index is 1.61. The fourth-order valence-corrected chi connectivity index (χ4v) is 3.76. The number of nitrogens with zero attached hydrogens (tertiary/aromatic N) is 2. The molecule has 0 spiro atoms. The molecule has 0 bridgehead atoms. The van der Waals surface area contributed by atoms with Crippen LogP contribution in [0.3, 0.4) is 0 Å². The van der Waals surface area contributed by atoms with Crippen LogP contribution in [-0.4, -0.2) is 40.3 Å². The van der Waals surface area contributed by atoms with Crippen LogP contribution in [0.5, 0.6) is 0 Å². The number of amides is 3. The molecule has 1 saturated heterocycles. The van der Waals surface area contributed by atoms with Crippen molar-refractivity contribution in [2.45, 2.75) is 46.0 Å². The van der Waals surface area contributed by atoms with Crippen molar-refractivity contribution in [1.82, 2.24) is 20.3 Å². The number of nitrogens with one attached hydrogen (secondary N) is 2. The number of para-hydroxylation sites is 1. The Morgan fingerprint density at radius 3 is 2.48 bits per heavy atom. The first-order valence-corrected chi connectivity index (χ1v) is 10.1. The molecule has 0 saturated carbocycles. The third-order valence-corrected chi connectivity index (χ3v) is 5.26. The average molecular weight is 396 g/mol. The third-order valence-electron chi connectivity index (χ3n) is 5.26. The first-order chi connectivity index (χ1) is 14.0. The summed E-state index contributed by atoms with van der Waals surface area (Å²) in [5.74, 6) is -0.783. The summed E-state index contributed by atoms with van der Waals surface area (Å²) >= 11 is 0. The molecule has 0 radical (unpaired) electrons. The van der Waals surface area contributed by atoms with E-state index in [1.165, 1.54) is 0 Å². The Labute approximate surface area is 171 Å². The molecule has 0 aliphatic carbocycles. The molecule has 2 N–H and O–H groups in total. The summed E-state index contributed by atoms with van der Waals surface area (Å²) < 4.78 is 2.00. The quantitative estimate of drug-likeness (QED) is 0.780. The third kappa shape index (κ3) is 5.04. The van der Waals surface area contributed by atoms with Gasteiger partial charge in [-0.15, -0.1) is 0 Å². The number of carbonyl (C=O) groups excluding carboxylic acids is 3. The zero-order valence-corrected chi connectivity index (χ0v) is 17.0. The molecule has 3 amide bonds. The Kier molecular flexibility index (Phi) is 6.69. The van der Waals surface area contributed by atoms with Crippen LogP contribution in [0.2, 0.25) is 0 Å². The van der Waals surface area contributed by atoms with Crippen LogP contribution < -0.4 is 10.9 Å². The van der Waals surface area contributed by atoms with Crippen molar-refractivity contribution in [3.05, 3.63) is 53.3 Å². The van der Waals surface area contributed by atoms with Gasteiger partial charge in [-0.3, -0.25) is 25.2 Å². The number of benzene rings is 1. The summed E-state index contributed by atoms with van der Waals surface area (Å²) in [6.45, 7) is 4.35. The summed E-state index contributed by atoms with van der Waals surface area (Å²) in [6.07, 6.45) is 4.37. The number of aromatic nitrogens is 1. The van der Waals surface area contributed by atoms with Gasteiger partial charge in [0.2, 0.25) is 5.91 Å². The van der Waals surface area contributed by atoms with E-state index in [4.69, 9.17) is 0 Å². The normalized spacial score (nSPS) is 14.8. The molecule has 2 heterocycles. The molecule has 0 unspecified atom stereocenters. The zero-order valence-electron chi connectivity index (χ0n) is 17.0. The Morgan fingerprint density at radius 2 is 1.72 bits per heavy atom. The number of aryl methyl sites for hydroxylation is 1. The van der Waals surface area contributed by atoms with Gasteiger partial charge in [0.25, 0.3) is 11.8 Å². The van der Waals surface area contributed by atoms with Gasteiger partial charge in [0.1, 0.15) is 6.54 Å². The smallest absolute Gasteiger partial charge is 0.271 e. The number of rotatable bonds is 4. The Morgan fingerprint density at radius 1 is 1.00 bits per heavy atom. The molecule has 1 aliphatic rings. The van der Waals surface area contributed by atoms with E-state index in [9.17, 15) is 14.4 Å². The van der Waals surface area contributed by atoms with Gasteiger partial charge in [0.05, 0.1) is 5.56 Å². The molecule has 1 fully saturated rings. The lowest BCUT2D eigenvalue weighted by atomic mass is 10.1. The molecule has 7 nitrogen and oxygen atoms in total. The highest BCUT2D eigenvalue weighted by molar-refractivity contribution is 5.97. The maximum Gasteiger partial charge on any atom is 0.271 e. The van der Waals surface area contributed by atoms with Gasteiger partial charge in [-0.05, 0) is 44.9 Å². The topological polar surface area (TPSA) is 83.4 Å². The maximum atomic E-state index is 12.6. The highest BCUT2D eigenvalue weighted by Crippen LogP contribution is 2.20. The van der Waals surface area contributed by atoms with E-state index in [1.807, 2.05) is 48.7 Å². The molecular formula is C22H28N4O3. The van der Waals surface area contributed by atoms with E-state index in [2.05, 4.69) is 10.9 Å². The highest BCUT2D eigenvalue weighted by Gasteiger charge is 2.20. The van der Waals surface area contributed by atoms with Crippen molar-refractivity contribution < 1.29 is 14.4 Å². The first kappa shape index (κ1) is 20.6. The predicted octanol–water partition coefficient (Wildman–Crippen LogP) is 2.65. The fraction of sp³-hybridized carbons (Fsp3) is 0.409. The van der Waals surface area contributed by atoms with E-state index in [1.54, 1.807) is 11.0 Å². The minimum Gasteiger partial charge on any atom is -0.333 e. The van der Waals surface area contributed by atoms with Gasteiger partial charge < -0.3 is 9.47 Å². The van der Waals surface area contributed by atoms with E-state index in [-0.39, 0.29) is 18.4 Å². The van der Waals surface area contributed by atoms with E-state index < -0.39 is 5.91 Å². The monoisotopic (exact) mass is 396 g/mol. The van der Waals surface area contributed by atoms with E-state index in [0.717, 1.165) is 42.8 Å². The second-order valence-corrected chi connectivity index (χ2v) is 7.44. The molecule has 1 aliphatic heterocycles. The molecule has 7 heteroatoms. The summed E-state index contributed by atoms with van der Waals surface area (Å²) in [5, 5.41) is 0. The molecule has 1 aromatic carbocycles. The van der Waals surface area contributed by atoms with Crippen LogP contribution in [0.1, 0.15) is 53.8 Å². The van der Waals surface area contributed by atoms with Crippen LogP contribution in [0, 0.1) is 13.8 Å². The lowest BCUT2D eigenvalue weighted by Gasteiger charge is -2.24. The number of hydrogen-bond acceptors (Lipinski definition) is 3. The van der Waals surface area contributed by atoms with E-state index in [0.29, 0.717) is 18.5 Å². The zero-order chi connectivity index (χ0) is 20.8. The van der Waals surface area contributed by atoms with Gasteiger partial charge in [0.15, 0.2) is 0 Å². The van der Waals surface area contributed by atoms with Crippen LogP contribution in [0.15, 0.2) is 36.4 Å². The minimum atomic E-state index is -0.399. The van der Waals surface area contributed by atoms with Crippen LogP contribution >= 0.6 is 0 Å². The van der Waals surface area contributed by atoms with E-state index >= 15 is 0 Å². The van der Waals surface area contributed by atoms with Crippen molar-refractivity contribution in [1.29, 1.82) is 0 Å². The van der Waals surface area contributed by atoms with Gasteiger partial charge in [-0.25, -0.2) is 0 Å². The van der Waals surface area contributed by atoms with Gasteiger partial charge >= 0.3 is 0 Å². The predicted molar refractivity (Wildman–Crippen MR) is 111 cm³/mol. The van der Waals surface area contributed by atoms with Gasteiger partial charge in [-0.1, -0.05) is 31.0 Å². The SMILES string of the molecule is Cc1cc(C(=O)NNC(=O)CN2CCCCCCC2=O)c(C)n1-c1ccccc1. The molecule has 29 heavy (non-hydrogen) atoms. The van der Waals surface area contributed by atoms with Crippen molar-refractivity contribution in [2.24, 2.45) is 0 Å². The van der Waals surface area contributed by atoms with Crippen molar-refractivity contribution in [3.63, 3.8) is 0 Å². The van der Waals surface area contributed by atoms with Crippen molar-refractivity contribution >= 4 is 17.7 Å². The Hall–Kier alpha value is -3.09. The van der Waals surface area contributed by atoms with Crippen molar-refractivity contribution in [2.75, 3.05) is 13.1 Å². The second kappa shape index (κ2) is 9.41. The van der Waals surface area contributed by atoms with Gasteiger partial charge in [0, 0.05) is 30.0 Å². The minimum absolute atomic E-state index is 0.00224. The molecular weight excluding hydrogens is 368 g/mol. The summed E-state index contributed by atoms with van der Waals surface area (Å²) in [6, 6.07) is 11.6. The first-order valence-electron chi connectivity index (χ1n) is 10.1. The van der Waals surface area contributed by atoms with Gasteiger partial charge in [-0.2, -0.15) is 0 Å². The Bertz CT molecular complexity index is 889. The lowest BCUT2D eigenvalue weighted by Crippen LogP contribution is -2.48. The summed E-state index contributed by atoms with van der Waals surface area (Å²) in [4.78, 5) is 38.6. The highest BCUT2D eigenvalue weighted by atomic mass is 16.2. The standard InChI is InChI=1S/C22H28N4O3/c1-16-14-19(17(2)26(16)18-10-6-5-7-11-18)22(29)24-23-20(27)15-25-13-9-4-3-8-12-21(25)28/h5-7,10-11,14H,3-4,8-9,12-13,15H2,1-2H3,(H,23,27)(H,24,29). The molecule has 154 valence electrons. The lowest BCUT2D eigenvalue weighted by molar-refractivity contribution is -0.136.